The zero-order valence-corrected chi connectivity index (χ0v) is 14.0. The van der Waals surface area contributed by atoms with Crippen molar-refractivity contribution in [3.05, 3.63) is 42.5 Å². The molecule has 0 atom stereocenters. The van der Waals surface area contributed by atoms with E-state index in [1.54, 1.807) is 18.2 Å². The van der Waals surface area contributed by atoms with Gasteiger partial charge >= 0.3 is 0 Å². The lowest BCUT2D eigenvalue weighted by Crippen LogP contribution is -2.37. The van der Waals surface area contributed by atoms with Gasteiger partial charge in [-0.1, -0.05) is 25.1 Å². The number of rotatable bonds is 9. The van der Waals surface area contributed by atoms with Crippen LogP contribution in [0, 0.1) is 0 Å². The maximum Gasteiger partial charge on any atom is 0.243 e. The quantitative estimate of drug-likeness (QED) is 0.563. The van der Waals surface area contributed by atoms with Crippen molar-refractivity contribution in [3.63, 3.8) is 0 Å². The molecule has 0 radical (unpaired) electrons. The van der Waals surface area contributed by atoms with Crippen LogP contribution in [-0.2, 0) is 16.6 Å². The fourth-order valence-electron chi connectivity index (χ4n) is 2.04. The Hall–Kier alpha value is -1.17. The molecule has 0 spiro atoms. The molecule has 1 rings (SSSR count). The van der Waals surface area contributed by atoms with Crippen molar-refractivity contribution in [3.8, 4) is 0 Å². The number of hydrogen-bond acceptors (Lipinski definition) is 3. The third kappa shape index (κ3) is 4.95. The largest absolute Gasteiger partial charge is 0.313 e. The molecule has 0 saturated heterocycles. The molecule has 1 aromatic rings. The standard InChI is InChI=1S/C16H26N2O2S/c1-5-11-17-13-15-7-9-16(10-8-15)21(19,20)18(12-6-2)14(3)4/h6-10,14,17H,2,5,11-13H2,1,3-4H3. The summed E-state index contributed by atoms with van der Waals surface area (Å²) >= 11 is 0. The molecule has 0 aliphatic carbocycles. The van der Waals surface area contributed by atoms with Crippen molar-refractivity contribution >= 4 is 10.0 Å². The Morgan fingerprint density at radius 1 is 1.29 bits per heavy atom. The van der Waals surface area contributed by atoms with Crippen molar-refractivity contribution < 1.29 is 8.42 Å². The first kappa shape index (κ1) is 17.9. The number of hydrogen-bond donors (Lipinski definition) is 1. The highest BCUT2D eigenvalue weighted by Gasteiger charge is 2.25. The fraction of sp³-hybridized carbons (Fsp3) is 0.500. The van der Waals surface area contributed by atoms with Gasteiger partial charge in [-0.25, -0.2) is 8.42 Å². The Morgan fingerprint density at radius 2 is 1.90 bits per heavy atom. The summed E-state index contributed by atoms with van der Waals surface area (Å²) < 4.78 is 26.6. The summed E-state index contributed by atoms with van der Waals surface area (Å²) in [7, 11) is -3.46. The van der Waals surface area contributed by atoms with Crippen molar-refractivity contribution in [2.24, 2.45) is 0 Å². The fourth-order valence-corrected chi connectivity index (χ4v) is 3.65. The molecular formula is C16H26N2O2S. The Kier molecular flexibility index (Phi) is 7.08. The van der Waals surface area contributed by atoms with Gasteiger partial charge in [-0.2, -0.15) is 4.31 Å². The van der Waals surface area contributed by atoms with Gasteiger partial charge in [0.15, 0.2) is 0 Å². The average Bonchev–Trinajstić information content (AvgIpc) is 2.45. The highest BCUT2D eigenvalue weighted by atomic mass is 32.2. The monoisotopic (exact) mass is 310 g/mol. The van der Waals surface area contributed by atoms with Crippen LogP contribution in [0.5, 0.6) is 0 Å². The molecule has 0 aromatic heterocycles. The SMILES string of the molecule is C=CCN(C(C)C)S(=O)(=O)c1ccc(CNCCC)cc1. The van der Waals surface area contributed by atoms with E-state index in [0.29, 0.717) is 11.4 Å². The van der Waals surface area contributed by atoms with E-state index in [1.807, 2.05) is 26.0 Å². The van der Waals surface area contributed by atoms with Crippen LogP contribution in [0.25, 0.3) is 0 Å². The highest BCUT2D eigenvalue weighted by Crippen LogP contribution is 2.18. The molecule has 0 unspecified atom stereocenters. The van der Waals surface area contributed by atoms with Crippen LogP contribution in [0.1, 0.15) is 32.8 Å². The number of sulfonamides is 1. The van der Waals surface area contributed by atoms with E-state index in [2.05, 4.69) is 18.8 Å². The van der Waals surface area contributed by atoms with Crippen molar-refractivity contribution in [1.82, 2.24) is 9.62 Å². The molecule has 0 saturated carbocycles. The molecule has 0 aliphatic rings. The molecule has 0 fully saturated rings. The van der Waals surface area contributed by atoms with Crippen LogP contribution in [-0.4, -0.2) is 31.9 Å². The van der Waals surface area contributed by atoms with Gasteiger partial charge in [0.25, 0.3) is 0 Å². The van der Waals surface area contributed by atoms with Crippen LogP contribution in [0.2, 0.25) is 0 Å². The first-order chi connectivity index (χ1) is 9.93. The maximum atomic E-state index is 12.6. The van der Waals surface area contributed by atoms with Crippen molar-refractivity contribution in [2.75, 3.05) is 13.1 Å². The van der Waals surface area contributed by atoms with Crippen LogP contribution in [0.15, 0.2) is 41.8 Å². The molecular weight excluding hydrogens is 284 g/mol. The minimum absolute atomic E-state index is 0.0982. The Morgan fingerprint density at radius 3 is 2.38 bits per heavy atom. The summed E-state index contributed by atoms with van der Waals surface area (Å²) in [6.07, 6.45) is 2.69. The van der Waals surface area contributed by atoms with Gasteiger partial charge in [0.05, 0.1) is 4.90 Å². The second-order valence-electron chi connectivity index (χ2n) is 5.28. The van der Waals surface area contributed by atoms with Crippen LogP contribution >= 0.6 is 0 Å². The van der Waals surface area contributed by atoms with E-state index in [0.717, 1.165) is 25.1 Å². The van der Waals surface area contributed by atoms with Gasteiger partial charge in [-0.3, -0.25) is 0 Å². The normalized spacial score (nSPS) is 12.0. The molecule has 5 heteroatoms. The third-order valence-electron chi connectivity index (χ3n) is 3.17. The summed E-state index contributed by atoms with van der Waals surface area (Å²) in [5, 5.41) is 3.30. The van der Waals surface area contributed by atoms with Gasteiger partial charge < -0.3 is 5.32 Å². The van der Waals surface area contributed by atoms with E-state index in [1.165, 1.54) is 4.31 Å². The number of benzene rings is 1. The molecule has 0 heterocycles. The predicted molar refractivity (Wildman–Crippen MR) is 87.7 cm³/mol. The molecule has 1 N–H and O–H groups in total. The summed E-state index contributed by atoms with van der Waals surface area (Å²) in [5.74, 6) is 0. The van der Waals surface area contributed by atoms with Crippen LogP contribution in [0.3, 0.4) is 0 Å². The van der Waals surface area contributed by atoms with E-state index in [-0.39, 0.29) is 6.04 Å². The molecule has 4 nitrogen and oxygen atoms in total. The zero-order valence-electron chi connectivity index (χ0n) is 13.2. The molecule has 0 amide bonds. The predicted octanol–water partition coefficient (Wildman–Crippen LogP) is 2.77. The zero-order chi connectivity index (χ0) is 15.9. The first-order valence-electron chi connectivity index (χ1n) is 7.35. The maximum absolute atomic E-state index is 12.6. The molecule has 0 bridgehead atoms. The minimum atomic E-state index is -3.46. The smallest absolute Gasteiger partial charge is 0.243 e. The van der Waals surface area contributed by atoms with Crippen molar-refractivity contribution in [1.29, 1.82) is 0 Å². The molecule has 0 aliphatic heterocycles. The van der Waals surface area contributed by atoms with Gasteiger partial charge in [0.2, 0.25) is 10.0 Å². The second kappa shape index (κ2) is 8.32. The molecule has 21 heavy (non-hydrogen) atoms. The summed E-state index contributed by atoms with van der Waals surface area (Å²) in [6.45, 7) is 11.5. The van der Waals surface area contributed by atoms with Crippen molar-refractivity contribution in [2.45, 2.75) is 44.7 Å². The Balaban J connectivity index is 2.90. The van der Waals surface area contributed by atoms with E-state index < -0.39 is 10.0 Å². The average molecular weight is 310 g/mol. The summed E-state index contributed by atoms with van der Waals surface area (Å²) in [4.78, 5) is 0.331. The van der Waals surface area contributed by atoms with E-state index >= 15 is 0 Å². The topological polar surface area (TPSA) is 49.4 Å². The summed E-state index contributed by atoms with van der Waals surface area (Å²) in [5.41, 5.74) is 1.09. The lowest BCUT2D eigenvalue weighted by atomic mass is 10.2. The summed E-state index contributed by atoms with van der Waals surface area (Å²) in [6, 6.07) is 6.98. The lowest BCUT2D eigenvalue weighted by molar-refractivity contribution is 0.383. The number of nitrogens with one attached hydrogen (secondary N) is 1. The first-order valence-corrected chi connectivity index (χ1v) is 8.79. The molecule has 1 aromatic carbocycles. The van der Waals surface area contributed by atoms with Gasteiger partial charge in [-0.05, 0) is 44.5 Å². The van der Waals surface area contributed by atoms with Gasteiger partial charge in [0.1, 0.15) is 0 Å². The number of nitrogens with zero attached hydrogens (tertiary/aromatic N) is 1. The van der Waals surface area contributed by atoms with Gasteiger partial charge in [0, 0.05) is 19.1 Å². The molecule has 118 valence electrons. The van der Waals surface area contributed by atoms with E-state index in [4.69, 9.17) is 0 Å². The van der Waals surface area contributed by atoms with Gasteiger partial charge in [-0.15, -0.1) is 6.58 Å². The Bertz CT molecular complexity index is 536. The Labute approximate surface area is 128 Å². The lowest BCUT2D eigenvalue weighted by Gasteiger charge is -2.24. The van der Waals surface area contributed by atoms with Crippen LogP contribution < -0.4 is 5.32 Å². The second-order valence-corrected chi connectivity index (χ2v) is 7.17. The minimum Gasteiger partial charge on any atom is -0.313 e. The third-order valence-corrected chi connectivity index (χ3v) is 5.23. The highest BCUT2D eigenvalue weighted by molar-refractivity contribution is 7.89. The van der Waals surface area contributed by atoms with E-state index in [9.17, 15) is 8.42 Å². The van der Waals surface area contributed by atoms with Crippen LogP contribution in [0.4, 0.5) is 0 Å².